The number of amides is 3. The second-order valence-corrected chi connectivity index (χ2v) is 6.12. The number of imide groups is 1. The lowest BCUT2D eigenvalue weighted by molar-refractivity contribution is -0.137. The Morgan fingerprint density at radius 2 is 1.63 bits per heavy atom. The Hall–Kier alpha value is -3.68. The van der Waals surface area contributed by atoms with Crippen LogP contribution >= 0.6 is 0 Å². The number of nitrogens with zero attached hydrogens (tertiary/aromatic N) is 2. The molecule has 4 N–H and O–H groups in total. The number of anilines is 2. The molecule has 27 heavy (non-hydrogen) atoms. The number of carboxylic acid groups (broad SMARTS) is 1. The number of carbonyl (C=O) groups is 3. The number of nitrogen functional groups attached to an aromatic ring is 1. The minimum Gasteiger partial charge on any atom is -0.481 e. The van der Waals surface area contributed by atoms with E-state index in [1.807, 2.05) is 0 Å². The van der Waals surface area contributed by atoms with E-state index in [1.165, 1.54) is 4.90 Å². The van der Waals surface area contributed by atoms with Crippen molar-refractivity contribution >= 4 is 35.1 Å². The smallest absolute Gasteiger partial charge is 0.336 e. The van der Waals surface area contributed by atoms with E-state index in [0.29, 0.717) is 23.4 Å². The molecule has 0 radical (unpaired) electrons. The number of carbonyl (C=O) groups excluding carboxylic acids is 2. The highest BCUT2D eigenvalue weighted by atomic mass is 16.4. The van der Waals surface area contributed by atoms with Gasteiger partial charge in [-0.15, -0.1) is 0 Å². The zero-order chi connectivity index (χ0) is 19.6. The van der Waals surface area contributed by atoms with Gasteiger partial charge < -0.3 is 10.8 Å². The van der Waals surface area contributed by atoms with E-state index in [1.54, 1.807) is 48.5 Å². The molecule has 138 valence electrons. The average molecular weight is 366 g/mol. The number of aliphatic carboxylic acids is 1. The minimum atomic E-state index is -0.879. The molecule has 1 aliphatic heterocycles. The summed E-state index contributed by atoms with van der Waals surface area (Å²) in [6, 6.07) is 12.7. The van der Waals surface area contributed by atoms with Crippen molar-refractivity contribution in [3.8, 4) is 0 Å². The number of hydrogen-bond acceptors (Lipinski definition) is 4. The van der Waals surface area contributed by atoms with Gasteiger partial charge in [-0.2, -0.15) is 0 Å². The number of benzene rings is 2. The third-order valence-electron chi connectivity index (χ3n) is 4.28. The number of aryl methyl sites for hydroxylation is 1. The van der Waals surface area contributed by atoms with E-state index in [-0.39, 0.29) is 24.7 Å². The molecule has 2 aromatic rings. The van der Waals surface area contributed by atoms with Gasteiger partial charge in [-0.1, -0.05) is 12.1 Å². The largest absolute Gasteiger partial charge is 0.481 e. The fourth-order valence-corrected chi connectivity index (χ4v) is 2.84. The van der Waals surface area contributed by atoms with E-state index >= 15 is 0 Å². The van der Waals surface area contributed by atoms with Crippen molar-refractivity contribution in [2.45, 2.75) is 12.8 Å². The molecule has 0 spiro atoms. The van der Waals surface area contributed by atoms with Crippen molar-refractivity contribution in [3.05, 3.63) is 59.7 Å². The molecule has 0 aromatic heterocycles. The molecule has 8 heteroatoms. The van der Waals surface area contributed by atoms with E-state index in [2.05, 4.69) is 0 Å². The molecule has 0 bridgehead atoms. The third-order valence-corrected chi connectivity index (χ3v) is 4.28. The van der Waals surface area contributed by atoms with E-state index < -0.39 is 12.0 Å². The molecule has 0 unspecified atom stereocenters. The van der Waals surface area contributed by atoms with Gasteiger partial charge in [0.1, 0.15) is 12.4 Å². The quantitative estimate of drug-likeness (QED) is 0.409. The van der Waals surface area contributed by atoms with Gasteiger partial charge in [0.2, 0.25) is 0 Å². The molecule has 3 amide bonds. The average Bonchev–Trinajstić information content (AvgIpc) is 2.95. The summed E-state index contributed by atoms with van der Waals surface area (Å²) in [6.07, 6.45) is 0.400. The Balaban J connectivity index is 1.77. The first kappa shape index (κ1) is 18.1. The Morgan fingerprint density at radius 1 is 1.04 bits per heavy atom. The summed E-state index contributed by atoms with van der Waals surface area (Å²) >= 11 is 0. The van der Waals surface area contributed by atoms with Gasteiger partial charge >= 0.3 is 12.0 Å². The monoisotopic (exact) mass is 366 g/mol. The number of amidine groups is 1. The molecule has 3 rings (SSSR count). The zero-order valence-corrected chi connectivity index (χ0v) is 14.4. The van der Waals surface area contributed by atoms with Gasteiger partial charge in [-0.3, -0.25) is 19.9 Å². The third kappa shape index (κ3) is 3.79. The van der Waals surface area contributed by atoms with Crippen LogP contribution in [-0.2, 0) is 16.0 Å². The molecule has 2 aromatic carbocycles. The maximum atomic E-state index is 12.7. The first-order valence-electron chi connectivity index (χ1n) is 8.26. The molecular formula is C19H18N4O4. The van der Waals surface area contributed by atoms with Crippen LogP contribution in [0.2, 0.25) is 0 Å². The van der Waals surface area contributed by atoms with Gasteiger partial charge in [0.15, 0.2) is 0 Å². The van der Waals surface area contributed by atoms with Crippen LogP contribution in [0.15, 0.2) is 48.5 Å². The maximum absolute atomic E-state index is 12.7. The Labute approximate surface area is 155 Å². The summed E-state index contributed by atoms with van der Waals surface area (Å²) in [4.78, 5) is 38.2. The number of hydrogen-bond donors (Lipinski definition) is 3. The predicted octanol–water partition coefficient (Wildman–Crippen LogP) is 1.96. The van der Waals surface area contributed by atoms with Gasteiger partial charge in [0.05, 0.1) is 5.69 Å². The summed E-state index contributed by atoms with van der Waals surface area (Å²) in [7, 11) is 0. The maximum Gasteiger partial charge on any atom is 0.336 e. The topological polar surface area (TPSA) is 128 Å². The zero-order valence-electron chi connectivity index (χ0n) is 14.4. The summed E-state index contributed by atoms with van der Waals surface area (Å²) in [6.45, 7) is -0.0843. The summed E-state index contributed by atoms with van der Waals surface area (Å²) in [5, 5.41) is 16.1. The summed E-state index contributed by atoms with van der Waals surface area (Å²) in [5.41, 5.74) is 7.75. The van der Waals surface area contributed by atoms with Crippen LogP contribution in [0.5, 0.6) is 0 Å². The molecule has 1 heterocycles. The molecule has 0 aliphatic carbocycles. The lowest BCUT2D eigenvalue weighted by Crippen LogP contribution is -2.33. The number of nitrogens with two attached hydrogens (primary N) is 1. The van der Waals surface area contributed by atoms with Crippen LogP contribution in [0, 0.1) is 5.41 Å². The molecule has 1 aliphatic rings. The van der Waals surface area contributed by atoms with Gasteiger partial charge in [0.25, 0.3) is 5.91 Å². The number of nitrogens with one attached hydrogen (secondary N) is 1. The van der Waals surface area contributed by atoms with Crippen LogP contribution in [0.4, 0.5) is 16.2 Å². The van der Waals surface area contributed by atoms with E-state index in [4.69, 9.17) is 16.2 Å². The lowest BCUT2D eigenvalue weighted by Gasteiger charge is -2.17. The molecule has 0 atom stereocenters. The summed E-state index contributed by atoms with van der Waals surface area (Å²) < 4.78 is 0. The molecule has 1 saturated heterocycles. The first-order valence-corrected chi connectivity index (χ1v) is 8.26. The van der Waals surface area contributed by atoms with Gasteiger partial charge in [-0.05, 0) is 48.4 Å². The van der Waals surface area contributed by atoms with Gasteiger partial charge in [0, 0.05) is 17.7 Å². The fourth-order valence-electron chi connectivity index (χ4n) is 2.84. The lowest BCUT2D eigenvalue weighted by atomic mass is 10.1. The first-order chi connectivity index (χ1) is 12.9. The van der Waals surface area contributed by atoms with Crippen LogP contribution in [0.25, 0.3) is 0 Å². The highest BCUT2D eigenvalue weighted by Crippen LogP contribution is 2.26. The van der Waals surface area contributed by atoms with Crippen LogP contribution in [-0.4, -0.2) is 35.4 Å². The van der Waals surface area contributed by atoms with E-state index in [0.717, 1.165) is 10.5 Å². The second kappa shape index (κ2) is 7.28. The van der Waals surface area contributed by atoms with Crippen molar-refractivity contribution in [3.63, 3.8) is 0 Å². The van der Waals surface area contributed by atoms with Crippen LogP contribution < -0.4 is 15.5 Å². The van der Waals surface area contributed by atoms with E-state index in [9.17, 15) is 14.4 Å². The van der Waals surface area contributed by atoms with Gasteiger partial charge in [-0.25, -0.2) is 9.69 Å². The fraction of sp³-hybridized carbons (Fsp3) is 0.158. The van der Waals surface area contributed by atoms with Crippen molar-refractivity contribution in [1.82, 2.24) is 0 Å². The van der Waals surface area contributed by atoms with Crippen molar-refractivity contribution in [2.24, 2.45) is 5.73 Å². The SMILES string of the molecule is N=C(N)c1ccc(N2CC(=O)N(c3ccc(CCC(=O)O)cc3)C2=O)cc1. The minimum absolute atomic E-state index is 0.0188. The van der Waals surface area contributed by atoms with Crippen molar-refractivity contribution < 1.29 is 19.5 Å². The normalized spacial score (nSPS) is 13.9. The van der Waals surface area contributed by atoms with Crippen molar-refractivity contribution in [2.75, 3.05) is 16.3 Å². The molecule has 1 fully saturated rings. The second-order valence-electron chi connectivity index (χ2n) is 6.12. The molecule has 0 saturated carbocycles. The highest BCUT2D eigenvalue weighted by Gasteiger charge is 2.37. The van der Waals surface area contributed by atoms with Crippen LogP contribution in [0.1, 0.15) is 17.5 Å². The number of urea groups is 1. The predicted molar refractivity (Wildman–Crippen MR) is 100 cm³/mol. The molecular weight excluding hydrogens is 348 g/mol. The molecule has 8 nitrogen and oxygen atoms in total. The number of rotatable bonds is 6. The summed E-state index contributed by atoms with van der Waals surface area (Å²) in [5.74, 6) is -1.31. The Morgan fingerprint density at radius 3 is 2.19 bits per heavy atom. The Kier molecular flexibility index (Phi) is 4.89. The van der Waals surface area contributed by atoms with Crippen LogP contribution in [0.3, 0.4) is 0 Å². The van der Waals surface area contributed by atoms with Crippen molar-refractivity contribution in [1.29, 1.82) is 5.41 Å². The Bertz CT molecular complexity index is 906. The standard InChI is InChI=1S/C19H18N4O4/c20-18(21)13-4-8-14(9-5-13)22-11-16(24)23(19(22)27)15-6-1-12(2-7-15)3-10-17(25)26/h1-2,4-9H,3,10-11H2,(H3,20,21)(H,25,26). The number of carboxylic acids is 1. The highest BCUT2D eigenvalue weighted by molar-refractivity contribution is 6.26.